The van der Waals surface area contributed by atoms with Crippen molar-refractivity contribution in [2.24, 2.45) is 0 Å². The quantitative estimate of drug-likeness (QED) is 0.418. The molecule has 0 spiro atoms. The average Bonchev–Trinajstić information content (AvgIpc) is 3.18. The number of fused-ring (bicyclic) bond motifs is 1. The van der Waals surface area contributed by atoms with Gasteiger partial charge in [0.1, 0.15) is 11.5 Å². The molecule has 0 amide bonds. The molecule has 0 N–H and O–H groups in total. The molecule has 0 saturated heterocycles. The first-order valence-electron chi connectivity index (χ1n) is 9.08. The van der Waals surface area contributed by atoms with Crippen molar-refractivity contribution < 1.29 is 9.47 Å². The van der Waals surface area contributed by atoms with Gasteiger partial charge < -0.3 is 9.47 Å². The third-order valence-electron chi connectivity index (χ3n) is 4.72. The van der Waals surface area contributed by atoms with Crippen LogP contribution in [0.1, 0.15) is 11.1 Å². The molecular weight excluding hydrogens is 424 g/mol. The highest BCUT2D eigenvalue weighted by atomic mass is 35.5. The van der Waals surface area contributed by atoms with Crippen LogP contribution in [0.25, 0.3) is 11.3 Å². The van der Waals surface area contributed by atoms with Crippen molar-refractivity contribution in [2.45, 2.75) is 17.8 Å². The summed E-state index contributed by atoms with van der Waals surface area (Å²) < 4.78 is 13.9. The van der Waals surface area contributed by atoms with Gasteiger partial charge in [-0.3, -0.25) is 13.8 Å². The smallest absolute Gasteiger partial charge is 0.300 e. The average molecular weight is 443 g/mol. The van der Waals surface area contributed by atoms with Crippen LogP contribution < -0.4 is 15.0 Å². The van der Waals surface area contributed by atoms with E-state index in [1.54, 1.807) is 37.1 Å². The molecule has 4 rings (SSSR count). The van der Waals surface area contributed by atoms with E-state index in [0.29, 0.717) is 15.9 Å². The SMILES string of the molecule is COc1cc(CSc2nnc3c(=O)n(-c4cccc(Cl)c4C)ccn23)cc(OC)c1. The number of aromatic nitrogens is 4. The van der Waals surface area contributed by atoms with Crippen LogP contribution in [0.5, 0.6) is 11.5 Å². The molecule has 154 valence electrons. The molecular formula is C21H19ClN4O3S. The standard InChI is InChI=1S/C21H19ClN4O3S/c1-13-17(22)5-4-6-18(13)25-7-8-26-19(20(25)27)23-24-21(26)30-12-14-9-15(28-2)11-16(10-14)29-3/h4-11H,12H2,1-3H3. The van der Waals surface area contributed by atoms with E-state index in [-0.39, 0.29) is 11.2 Å². The zero-order valence-corrected chi connectivity index (χ0v) is 18.2. The molecule has 4 aromatic rings. The number of benzene rings is 2. The molecule has 0 aliphatic heterocycles. The molecule has 0 aliphatic rings. The van der Waals surface area contributed by atoms with Gasteiger partial charge in [0.25, 0.3) is 0 Å². The van der Waals surface area contributed by atoms with E-state index in [9.17, 15) is 4.79 Å². The number of ether oxygens (including phenoxy) is 2. The van der Waals surface area contributed by atoms with E-state index < -0.39 is 0 Å². The third-order valence-corrected chi connectivity index (χ3v) is 6.14. The maximum Gasteiger partial charge on any atom is 0.300 e. The van der Waals surface area contributed by atoms with Crippen molar-refractivity contribution in [3.8, 4) is 17.2 Å². The molecule has 0 bridgehead atoms. The minimum absolute atomic E-state index is 0.252. The zero-order valence-electron chi connectivity index (χ0n) is 16.6. The molecule has 2 aromatic heterocycles. The van der Waals surface area contributed by atoms with Crippen molar-refractivity contribution in [3.63, 3.8) is 0 Å². The second kappa shape index (κ2) is 8.41. The number of rotatable bonds is 6. The second-order valence-corrected chi connectivity index (χ2v) is 7.89. The monoisotopic (exact) mass is 442 g/mol. The molecule has 30 heavy (non-hydrogen) atoms. The molecule has 2 aromatic carbocycles. The third kappa shape index (κ3) is 3.76. The fraction of sp³-hybridized carbons (Fsp3) is 0.190. The van der Waals surface area contributed by atoms with Crippen LogP contribution in [-0.2, 0) is 5.75 Å². The van der Waals surface area contributed by atoms with Gasteiger partial charge in [-0.2, -0.15) is 0 Å². The minimum atomic E-state index is -0.259. The summed E-state index contributed by atoms with van der Waals surface area (Å²) in [5.41, 5.74) is 2.55. The Kier molecular flexibility index (Phi) is 5.69. The predicted octanol–water partition coefficient (Wildman–Crippen LogP) is 4.15. The lowest BCUT2D eigenvalue weighted by atomic mass is 10.2. The Morgan fingerprint density at radius 2 is 1.80 bits per heavy atom. The summed E-state index contributed by atoms with van der Waals surface area (Å²) in [5, 5.41) is 9.54. The van der Waals surface area contributed by atoms with Gasteiger partial charge in [-0.25, -0.2) is 0 Å². The lowest BCUT2D eigenvalue weighted by molar-refractivity contribution is 0.393. The minimum Gasteiger partial charge on any atom is -0.497 e. The van der Waals surface area contributed by atoms with Gasteiger partial charge in [0.15, 0.2) is 5.16 Å². The molecule has 0 radical (unpaired) electrons. The van der Waals surface area contributed by atoms with E-state index in [0.717, 1.165) is 28.3 Å². The summed E-state index contributed by atoms with van der Waals surface area (Å²) in [6.45, 7) is 1.88. The highest BCUT2D eigenvalue weighted by Gasteiger charge is 2.14. The van der Waals surface area contributed by atoms with Crippen LogP contribution in [0.15, 0.2) is 58.7 Å². The fourth-order valence-corrected chi connectivity index (χ4v) is 4.13. The molecule has 7 nitrogen and oxygen atoms in total. The number of nitrogens with zero attached hydrogens (tertiary/aromatic N) is 4. The van der Waals surface area contributed by atoms with E-state index in [4.69, 9.17) is 21.1 Å². The van der Waals surface area contributed by atoms with Gasteiger partial charge in [0.05, 0.1) is 19.9 Å². The Morgan fingerprint density at radius 1 is 1.07 bits per heavy atom. The number of hydrogen-bond donors (Lipinski definition) is 0. The van der Waals surface area contributed by atoms with Crippen LogP contribution >= 0.6 is 23.4 Å². The number of halogens is 1. The number of hydrogen-bond acceptors (Lipinski definition) is 6. The Labute approximate surface area is 182 Å². The number of methoxy groups -OCH3 is 2. The maximum atomic E-state index is 13.0. The molecule has 0 fully saturated rings. The van der Waals surface area contributed by atoms with Gasteiger partial charge in [-0.15, -0.1) is 10.2 Å². The molecule has 9 heteroatoms. The van der Waals surface area contributed by atoms with Gasteiger partial charge in [-0.1, -0.05) is 29.4 Å². The van der Waals surface area contributed by atoms with Crippen LogP contribution in [0.3, 0.4) is 0 Å². The van der Waals surface area contributed by atoms with Crippen LogP contribution in [0.2, 0.25) is 5.02 Å². The fourth-order valence-electron chi connectivity index (χ4n) is 3.11. The van der Waals surface area contributed by atoms with Gasteiger partial charge in [0.2, 0.25) is 5.65 Å². The summed E-state index contributed by atoms with van der Waals surface area (Å²) in [4.78, 5) is 13.0. The topological polar surface area (TPSA) is 70.7 Å². The van der Waals surface area contributed by atoms with E-state index in [2.05, 4.69) is 10.2 Å². The first-order chi connectivity index (χ1) is 14.5. The van der Waals surface area contributed by atoms with Gasteiger partial charge in [0, 0.05) is 29.2 Å². The lowest BCUT2D eigenvalue weighted by Gasteiger charge is -2.10. The van der Waals surface area contributed by atoms with Crippen LogP contribution in [0, 0.1) is 6.92 Å². The summed E-state index contributed by atoms with van der Waals surface area (Å²) in [7, 11) is 3.23. The van der Waals surface area contributed by atoms with Gasteiger partial charge in [-0.05, 0) is 42.3 Å². The van der Waals surface area contributed by atoms with E-state index >= 15 is 0 Å². The van der Waals surface area contributed by atoms with E-state index in [1.165, 1.54) is 16.3 Å². The Bertz CT molecular complexity index is 1260. The van der Waals surface area contributed by atoms with Crippen molar-refractivity contribution in [1.29, 1.82) is 0 Å². The van der Waals surface area contributed by atoms with Crippen molar-refractivity contribution >= 4 is 29.0 Å². The normalized spacial score (nSPS) is 11.1. The molecule has 0 saturated carbocycles. The summed E-state index contributed by atoms with van der Waals surface area (Å²) in [6.07, 6.45) is 3.49. The summed E-state index contributed by atoms with van der Waals surface area (Å²) in [5.74, 6) is 2.05. The Morgan fingerprint density at radius 3 is 2.50 bits per heavy atom. The van der Waals surface area contributed by atoms with Crippen LogP contribution in [0.4, 0.5) is 0 Å². The highest BCUT2D eigenvalue weighted by molar-refractivity contribution is 7.98. The summed E-state index contributed by atoms with van der Waals surface area (Å²) >= 11 is 7.68. The molecule has 0 atom stereocenters. The maximum absolute atomic E-state index is 13.0. The van der Waals surface area contributed by atoms with Crippen LogP contribution in [-0.4, -0.2) is 33.4 Å². The van der Waals surface area contributed by atoms with Crippen molar-refractivity contribution in [2.75, 3.05) is 14.2 Å². The molecule has 2 heterocycles. The second-order valence-electron chi connectivity index (χ2n) is 6.54. The Balaban J connectivity index is 1.66. The number of thioether (sulfide) groups is 1. The summed E-state index contributed by atoms with van der Waals surface area (Å²) in [6, 6.07) is 11.2. The first-order valence-corrected chi connectivity index (χ1v) is 10.4. The predicted molar refractivity (Wildman–Crippen MR) is 117 cm³/mol. The lowest BCUT2D eigenvalue weighted by Crippen LogP contribution is -2.21. The first kappa shape index (κ1) is 20.3. The largest absolute Gasteiger partial charge is 0.497 e. The van der Waals surface area contributed by atoms with Crippen molar-refractivity contribution in [1.82, 2.24) is 19.2 Å². The molecule has 0 unspecified atom stereocenters. The molecule has 0 aliphatic carbocycles. The van der Waals surface area contributed by atoms with Gasteiger partial charge >= 0.3 is 5.56 Å². The highest BCUT2D eigenvalue weighted by Crippen LogP contribution is 2.28. The van der Waals surface area contributed by atoms with E-state index in [1.807, 2.05) is 37.3 Å². The van der Waals surface area contributed by atoms with Crippen molar-refractivity contribution in [3.05, 3.63) is 75.3 Å². The zero-order chi connectivity index (χ0) is 21.3. The Hall–Kier alpha value is -2.97.